The standard InChI is InChI=1S/C19H20N6O2/c1-13-18(19(27)22-24-10-3-2-6-17(24)26)21-23-25(13)12-14-7-8-16-15(11-14)5-4-9-20-16/h4-5,7-9,11H,2-3,6,10,12H2,1H3,(H,22,27). The summed E-state index contributed by atoms with van der Waals surface area (Å²) < 4.78 is 1.68. The van der Waals surface area contributed by atoms with E-state index in [0.717, 1.165) is 29.3 Å². The van der Waals surface area contributed by atoms with Crippen molar-refractivity contribution in [3.63, 3.8) is 0 Å². The van der Waals surface area contributed by atoms with Gasteiger partial charge in [0.1, 0.15) is 0 Å². The van der Waals surface area contributed by atoms with E-state index in [9.17, 15) is 9.59 Å². The lowest BCUT2D eigenvalue weighted by Gasteiger charge is -2.26. The number of amides is 2. The van der Waals surface area contributed by atoms with E-state index in [-0.39, 0.29) is 11.6 Å². The third kappa shape index (κ3) is 3.51. The van der Waals surface area contributed by atoms with Gasteiger partial charge in [-0.05, 0) is 43.5 Å². The van der Waals surface area contributed by atoms with E-state index in [2.05, 4.69) is 26.8 Å². The van der Waals surface area contributed by atoms with Crippen molar-refractivity contribution < 1.29 is 9.59 Å². The smallest absolute Gasteiger partial charge is 0.273 e. The van der Waals surface area contributed by atoms with Gasteiger partial charge in [0, 0.05) is 24.5 Å². The lowest BCUT2D eigenvalue weighted by atomic mass is 10.1. The number of rotatable bonds is 4. The molecule has 1 fully saturated rings. The van der Waals surface area contributed by atoms with Crippen molar-refractivity contribution in [2.24, 2.45) is 0 Å². The Bertz CT molecular complexity index is 1010. The third-order valence-electron chi connectivity index (χ3n) is 4.76. The van der Waals surface area contributed by atoms with Gasteiger partial charge >= 0.3 is 0 Å². The topological polar surface area (TPSA) is 93.0 Å². The van der Waals surface area contributed by atoms with Crippen LogP contribution in [0.5, 0.6) is 0 Å². The maximum Gasteiger partial charge on any atom is 0.292 e. The Kier molecular flexibility index (Phi) is 4.53. The number of hydrazine groups is 1. The maximum absolute atomic E-state index is 12.5. The predicted molar refractivity (Wildman–Crippen MR) is 98.6 cm³/mol. The molecule has 1 saturated heterocycles. The van der Waals surface area contributed by atoms with Gasteiger partial charge in [0.15, 0.2) is 5.69 Å². The number of pyridine rings is 1. The van der Waals surface area contributed by atoms with Crippen molar-refractivity contribution in [3.05, 3.63) is 53.5 Å². The van der Waals surface area contributed by atoms with Crippen LogP contribution in [0.3, 0.4) is 0 Å². The highest BCUT2D eigenvalue weighted by atomic mass is 16.2. The first-order chi connectivity index (χ1) is 13.1. The van der Waals surface area contributed by atoms with Crippen molar-refractivity contribution in [2.75, 3.05) is 6.54 Å². The molecule has 0 aliphatic carbocycles. The van der Waals surface area contributed by atoms with Crippen LogP contribution in [0.1, 0.15) is 41.0 Å². The number of benzene rings is 1. The van der Waals surface area contributed by atoms with Gasteiger partial charge in [-0.25, -0.2) is 4.68 Å². The summed E-state index contributed by atoms with van der Waals surface area (Å²) in [6.07, 6.45) is 3.97. The molecule has 2 aromatic heterocycles. The minimum Gasteiger partial charge on any atom is -0.273 e. The van der Waals surface area contributed by atoms with E-state index in [1.54, 1.807) is 17.8 Å². The number of carbonyl (C=O) groups is 2. The van der Waals surface area contributed by atoms with E-state index >= 15 is 0 Å². The number of hydrogen-bond donors (Lipinski definition) is 1. The fourth-order valence-electron chi connectivity index (χ4n) is 3.22. The van der Waals surface area contributed by atoms with Crippen LogP contribution in [0.2, 0.25) is 0 Å². The highest BCUT2D eigenvalue weighted by molar-refractivity contribution is 5.94. The molecular formula is C19H20N6O2. The van der Waals surface area contributed by atoms with Crippen molar-refractivity contribution >= 4 is 22.7 Å². The van der Waals surface area contributed by atoms with Crippen LogP contribution in [-0.4, -0.2) is 43.3 Å². The van der Waals surface area contributed by atoms with E-state index in [1.807, 2.05) is 24.3 Å². The average molecular weight is 364 g/mol. The van der Waals surface area contributed by atoms with Gasteiger partial charge in [0.05, 0.1) is 17.8 Å². The molecule has 0 radical (unpaired) electrons. The van der Waals surface area contributed by atoms with Gasteiger partial charge in [0.2, 0.25) is 5.91 Å². The molecule has 8 nitrogen and oxygen atoms in total. The van der Waals surface area contributed by atoms with Crippen LogP contribution < -0.4 is 5.43 Å². The minimum absolute atomic E-state index is 0.0654. The van der Waals surface area contributed by atoms with Crippen molar-refractivity contribution in [1.29, 1.82) is 0 Å². The van der Waals surface area contributed by atoms with Gasteiger partial charge in [0.25, 0.3) is 5.91 Å². The Morgan fingerprint density at radius 1 is 1.26 bits per heavy atom. The second kappa shape index (κ2) is 7.14. The van der Waals surface area contributed by atoms with E-state index in [4.69, 9.17) is 0 Å². The summed E-state index contributed by atoms with van der Waals surface area (Å²) >= 11 is 0. The molecule has 2 amide bonds. The molecule has 138 valence electrons. The lowest BCUT2D eigenvalue weighted by Crippen LogP contribution is -2.48. The summed E-state index contributed by atoms with van der Waals surface area (Å²) in [5.74, 6) is -0.471. The first-order valence-corrected chi connectivity index (χ1v) is 8.97. The number of carbonyl (C=O) groups excluding carboxylic acids is 2. The zero-order chi connectivity index (χ0) is 18.8. The number of nitrogens with one attached hydrogen (secondary N) is 1. The predicted octanol–water partition coefficient (Wildman–Crippen LogP) is 1.84. The van der Waals surface area contributed by atoms with Gasteiger partial charge < -0.3 is 0 Å². The molecular weight excluding hydrogens is 344 g/mol. The molecule has 3 heterocycles. The van der Waals surface area contributed by atoms with Gasteiger partial charge in [-0.15, -0.1) is 5.10 Å². The van der Waals surface area contributed by atoms with Crippen LogP contribution in [0.15, 0.2) is 36.5 Å². The Morgan fingerprint density at radius 2 is 2.15 bits per heavy atom. The van der Waals surface area contributed by atoms with Crippen LogP contribution in [-0.2, 0) is 11.3 Å². The summed E-state index contributed by atoms with van der Waals surface area (Å²) in [7, 11) is 0. The zero-order valence-corrected chi connectivity index (χ0v) is 15.1. The fourth-order valence-corrected chi connectivity index (χ4v) is 3.22. The highest BCUT2D eigenvalue weighted by Gasteiger charge is 2.23. The zero-order valence-electron chi connectivity index (χ0n) is 15.1. The Morgan fingerprint density at radius 3 is 3.00 bits per heavy atom. The van der Waals surface area contributed by atoms with Crippen molar-refractivity contribution in [3.8, 4) is 0 Å². The molecule has 0 bridgehead atoms. The number of aromatic nitrogens is 4. The molecule has 1 N–H and O–H groups in total. The van der Waals surface area contributed by atoms with Crippen molar-refractivity contribution in [1.82, 2.24) is 30.4 Å². The molecule has 0 unspecified atom stereocenters. The summed E-state index contributed by atoms with van der Waals surface area (Å²) in [4.78, 5) is 28.7. The molecule has 1 aliphatic rings. The number of hydrogen-bond acceptors (Lipinski definition) is 5. The summed E-state index contributed by atoms with van der Waals surface area (Å²) in [5.41, 5.74) is 5.51. The quantitative estimate of drug-likeness (QED) is 0.762. The fraction of sp³-hybridized carbons (Fsp3) is 0.316. The second-order valence-electron chi connectivity index (χ2n) is 6.65. The molecule has 27 heavy (non-hydrogen) atoms. The number of nitrogens with zero attached hydrogens (tertiary/aromatic N) is 5. The number of fused-ring (bicyclic) bond motifs is 1. The second-order valence-corrected chi connectivity index (χ2v) is 6.65. The Balaban J connectivity index is 1.50. The van der Waals surface area contributed by atoms with Gasteiger partial charge in [-0.3, -0.25) is 25.0 Å². The van der Waals surface area contributed by atoms with E-state index in [0.29, 0.717) is 25.2 Å². The maximum atomic E-state index is 12.5. The van der Waals surface area contributed by atoms with Gasteiger partial charge in [-0.1, -0.05) is 17.3 Å². The average Bonchev–Trinajstić information content (AvgIpc) is 3.04. The monoisotopic (exact) mass is 364 g/mol. The first kappa shape index (κ1) is 17.1. The SMILES string of the molecule is Cc1c(C(=O)NN2CCCCC2=O)nnn1Cc1ccc2ncccc2c1. The van der Waals surface area contributed by atoms with E-state index in [1.165, 1.54) is 5.01 Å². The minimum atomic E-state index is -0.406. The van der Waals surface area contributed by atoms with Gasteiger partial charge in [-0.2, -0.15) is 0 Å². The van der Waals surface area contributed by atoms with Crippen LogP contribution in [0.4, 0.5) is 0 Å². The van der Waals surface area contributed by atoms with Crippen molar-refractivity contribution in [2.45, 2.75) is 32.7 Å². The lowest BCUT2D eigenvalue weighted by molar-refractivity contribution is -0.135. The summed E-state index contributed by atoms with van der Waals surface area (Å²) in [6.45, 7) is 2.83. The molecule has 1 aliphatic heterocycles. The molecule has 8 heteroatoms. The molecule has 1 aromatic carbocycles. The normalized spacial score (nSPS) is 14.6. The first-order valence-electron chi connectivity index (χ1n) is 8.97. The molecule has 0 atom stereocenters. The molecule has 0 saturated carbocycles. The Labute approximate surface area is 156 Å². The van der Waals surface area contributed by atoms with Crippen LogP contribution in [0.25, 0.3) is 10.9 Å². The molecule has 4 rings (SSSR count). The Hall–Kier alpha value is -3.29. The number of piperidine rings is 1. The largest absolute Gasteiger partial charge is 0.292 e. The van der Waals surface area contributed by atoms with Crippen LogP contribution >= 0.6 is 0 Å². The highest BCUT2D eigenvalue weighted by Crippen LogP contribution is 2.15. The summed E-state index contributed by atoms with van der Waals surface area (Å²) in [5, 5.41) is 10.6. The summed E-state index contributed by atoms with van der Waals surface area (Å²) in [6, 6.07) is 9.91. The van der Waals surface area contributed by atoms with Crippen LogP contribution in [0, 0.1) is 6.92 Å². The third-order valence-corrected chi connectivity index (χ3v) is 4.76. The molecule has 3 aromatic rings. The van der Waals surface area contributed by atoms with E-state index < -0.39 is 5.91 Å². The molecule has 0 spiro atoms.